The summed E-state index contributed by atoms with van der Waals surface area (Å²) in [5, 5.41) is 42.5. The van der Waals surface area contributed by atoms with Crippen LogP contribution in [0.4, 0.5) is 0 Å². The second kappa shape index (κ2) is 23.6. The minimum atomic E-state index is -1.02. The van der Waals surface area contributed by atoms with Crippen molar-refractivity contribution >= 4 is 59.0 Å². The summed E-state index contributed by atoms with van der Waals surface area (Å²) in [5.41, 5.74) is 5.98. The molecule has 0 spiro atoms. The van der Waals surface area contributed by atoms with Gasteiger partial charge in [-0.05, 0) is 120 Å². The van der Waals surface area contributed by atoms with Crippen LogP contribution >= 0.6 is 47.0 Å². The standard InChI is InChI=1S/C35H52O5S2.C31H48O2S2/c1-31(2,3)23-17-21(18-24(29(23)39)32(4,5)6)41-35(13,14)42-22-19-25(33(7,8)9)30(26(20-22)34(10,11)12)40-28(38)16-15-27(36)37;1-27(2,3)21-15-19(16-22(25(21)32)28(4,5)6)34-31(13,14)35-20-17-23(29(7,8)9)26(33)24(18-20)30(10,11)12/h17-20,39H,15-16H2,1-14H3,(H,36,37);15-18,32-33H,1-14H3. The topological polar surface area (TPSA) is 124 Å². The van der Waals surface area contributed by atoms with Crippen LogP contribution in [0.25, 0.3) is 0 Å². The van der Waals surface area contributed by atoms with Gasteiger partial charge >= 0.3 is 11.9 Å². The highest BCUT2D eigenvalue weighted by Gasteiger charge is 2.35. The first kappa shape index (κ1) is 67.9. The van der Waals surface area contributed by atoms with Gasteiger partial charge in [0.2, 0.25) is 0 Å². The monoisotopic (exact) mass is 1130 g/mol. The average molecular weight is 1130 g/mol. The minimum Gasteiger partial charge on any atom is -0.507 e. The molecule has 4 aromatic carbocycles. The first-order valence-corrected chi connectivity index (χ1v) is 30.4. The molecule has 4 rings (SSSR count). The van der Waals surface area contributed by atoms with Gasteiger partial charge in [0.15, 0.2) is 0 Å². The van der Waals surface area contributed by atoms with E-state index < -0.39 is 11.9 Å². The van der Waals surface area contributed by atoms with Gasteiger partial charge in [-0.3, -0.25) is 9.59 Å². The zero-order valence-electron chi connectivity index (χ0n) is 52.7. The van der Waals surface area contributed by atoms with Gasteiger partial charge in [0.25, 0.3) is 0 Å². The normalized spacial score (nSPS) is 13.6. The van der Waals surface area contributed by atoms with Gasteiger partial charge in [0.05, 0.1) is 21.0 Å². The molecule has 4 N–H and O–H groups in total. The fourth-order valence-electron chi connectivity index (χ4n) is 8.87. The Hall–Kier alpha value is -3.38. The van der Waals surface area contributed by atoms with Crippen LogP contribution in [0.3, 0.4) is 0 Å². The summed E-state index contributed by atoms with van der Waals surface area (Å²) in [6, 6.07) is 17.1. The number of carboxylic acids is 1. The first-order chi connectivity index (χ1) is 34.2. The Bertz CT molecular complexity index is 2540. The molecule has 0 aromatic heterocycles. The highest BCUT2D eigenvalue weighted by molar-refractivity contribution is 8.18. The molecule has 77 heavy (non-hydrogen) atoms. The molecule has 0 radical (unpaired) electrons. The third-order valence-electron chi connectivity index (χ3n) is 13.0. The van der Waals surface area contributed by atoms with Crippen molar-refractivity contribution in [1.29, 1.82) is 0 Å². The fraction of sp³-hybridized carbons (Fsp3) is 0.606. The number of hydrogen-bond donors (Lipinski definition) is 4. The van der Waals surface area contributed by atoms with Crippen LogP contribution in [0.1, 0.15) is 251 Å². The molecule has 11 heteroatoms. The molecule has 0 amide bonds. The number of carboxylic acid groups (broad SMARTS) is 1. The number of aliphatic carboxylic acids is 1. The van der Waals surface area contributed by atoms with Crippen molar-refractivity contribution in [1.82, 2.24) is 0 Å². The molecule has 0 aliphatic rings. The van der Waals surface area contributed by atoms with Gasteiger partial charge in [-0.15, -0.1) is 47.0 Å². The van der Waals surface area contributed by atoms with Crippen molar-refractivity contribution in [2.75, 3.05) is 0 Å². The largest absolute Gasteiger partial charge is 0.507 e. The Morgan fingerprint density at radius 2 is 0.519 bits per heavy atom. The van der Waals surface area contributed by atoms with Crippen LogP contribution in [-0.2, 0) is 52.9 Å². The molecular formula is C66H100O7S4. The van der Waals surface area contributed by atoms with Crippen LogP contribution in [0, 0.1) is 0 Å². The van der Waals surface area contributed by atoms with Crippen LogP contribution in [0.2, 0.25) is 0 Å². The van der Waals surface area contributed by atoms with Crippen molar-refractivity contribution < 1.29 is 34.8 Å². The van der Waals surface area contributed by atoms with E-state index in [0.29, 0.717) is 23.0 Å². The van der Waals surface area contributed by atoms with E-state index in [-0.39, 0.29) is 64.3 Å². The Morgan fingerprint density at radius 3 is 0.688 bits per heavy atom. The molecule has 430 valence electrons. The summed E-state index contributed by atoms with van der Waals surface area (Å²) < 4.78 is 5.48. The summed E-state index contributed by atoms with van der Waals surface area (Å²) in [4.78, 5) is 28.3. The van der Waals surface area contributed by atoms with Crippen LogP contribution in [-0.4, -0.2) is 40.5 Å². The van der Waals surface area contributed by atoms with E-state index in [0.717, 1.165) is 54.3 Å². The number of benzene rings is 4. The molecule has 0 aliphatic carbocycles. The Labute approximate surface area is 484 Å². The van der Waals surface area contributed by atoms with Crippen LogP contribution < -0.4 is 4.74 Å². The number of thioether (sulfide) groups is 4. The Balaban J connectivity index is 0.000000412. The lowest BCUT2D eigenvalue weighted by Crippen LogP contribution is -2.22. The van der Waals surface area contributed by atoms with E-state index in [9.17, 15) is 24.9 Å². The number of carbonyl (C=O) groups excluding carboxylic acids is 1. The van der Waals surface area contributed by atoms with E-state index in [1.807, 2.05) is 23.5 Å². The highest BCUT2D eigenvalue weighted by Crippen LogP contribution is 2.53. The molecule has 0 fully saturated rings. The van der Waals surface area contributed by atoms with Crippen molar-refractivity contribution in [2.24, 2.45) is 0 Å². The number of aromatic hydroxyl groups is 3. The molecule has 0 unspecified atom stereocenters. The summed E-state index contributed by atoms with van der Waals surface area (Å²) in [6.45, 7) is 60.1. The maximum absolute atomic E-state index is 12.7. The zero-order chi connectivity index (χ0) is 60.0. The highest BCUT2D eigenvalue weighted by atomic mass is 32.2. The number of rotatable bonds is 12. The third-order valence-corrected chi connectivity index (χ3v) is 17.8. The van der Waals surface area contributed by atoms with Crippen molar-refractivity contribution in [3.63, 3.8) is 0 Å². The summed E-state index contributed by atoms with van der Waals surface area (Å²) >= 11 is 7.19. The predicted octanol–water partition coefficient (Wildman–Crippen LogP) is 19.9. The quantitative estimate of drug-likeness (QED) is 0.0469. The second-order valence-corrected chi connectivity index (χ2v) is 37.3. The van der Waals surface area contributed by atoms with E-state index in [1.54, 1.807) is 23.5 Å². The van der Waals surface area contributed by atoms with E-state index in [2.05, 4.69) is 242 Å². The predicted molar refractivity (Wildman–Crippen MR) is 334 cm³/mol. The molecule has 0 heterocycles. The maximum atomic E-state index is 12.7. The SMILES string of the molecule is CC(C)(Sc1cc(C(C)(C)C)c(O)c(C(C)(C)C)c1)Sc1cc(C(C)(C)C)c(O)c(C(C)(C)C)c1.CC(C)(Sc1cc(C(C)(C)C)c(O)c(C(C)(C)C)c1)Sc1cc(C(C)(C)C)c(OC(=O)CCC(=O)O)c(C(C)(C)C)c1. The van der Waals surface area contributed by atoms with E-state index in [1.165, 1.54) is 9.79 Å². The van der Waals surface area contributed by atoms with Gasteiger partial charge in [0.1, 0.15) is 23.0 Å². The number of esters is 1. The zero-order valence-corrected chi connectivity index (χ0v) is 55.9. The average Bonchev–Trinajstić information content (AvgIpc) is 3.18. The molecule has 0 atom stereocenters. The summed E-state index contributed by atoms with van der Waals surface area (Å²) in [7, 11) is 0. The summed E-state index contributed by atoms with van der Waals surface area (Å²) in [5.74, 6) is 0.182. The maximum Gasteiger partial charge on any atom is 0.311 e. The van der Waals surface area contributed by atoms with Gasteiger partial charge in [-0.1, -0.05) is 166 Å². The number of phenols is 3. The summed E-state index contributed by atoms with van der Waals surface area (Å²) in [6.07, 6.45) is -0.443. The third kappa shape index (κ3) is 19.1. The van der Waals surface area contributed by atoms with Crippen LogP contribution in [0.5, 0.6) is 23.0 Å². The molecule has 7 nitrogen and oxygen atoms in total. The lowest BCUT2D eigenvalue weighted by molar-refractivity contribution is -0.142. The minimum absolute atomic E-state index is 0.155. The molecule has 0 saturated carbocycles. The van der Waals surface area contributed by atoms with Gasteiger partial charge in [0, 0.05) is 64.1 Å². The van der Waals surface area contributed by atoms with Crippen molar-refractivity contribution in [3.05, 3.63) is 93.0 Å². The van der Waals surface area contributed by atoms with Gasteiger partial charge in [-0.25, -0.2) is 0 Å². The smallest absolute Gasteiger partial charge is 0.311 e. The van der Waals surface area contributed by atoms with Gasteiger partial charge in [-0.2, -0.15) is 0 Å². The molecule has 4 aromatic rings. The number of ether oxygens (including phenoxy) is 1. The van der Waals surface area contributed by atoms with E-state index in [4.69, 9.17) is 9.84 Å². The number of hydrogen-bond acceptors (Lipinski definition) is 10. The lowest BCUT2D eigenvalue weighted by Gasteiger charge is -2.32. The molecular weight excluding hydrogens is 1030 g/mol. The molecule has 0 bridgehead atoms. The molecule has 0 saturated heterocycles. The Morgan fingerprint density at radius 1 is 0.338 bits per heavy atom. The van der Waals surface area contributed by atoms with E-state index >= 15 is 0 Å². The Kier molecular flexibility index (Phi) is 20.8. The number of phenolic OH excluding ortho intramolecular Hbond substituents is 3. The number of carbonyl (C=O) groups is 2. The van der Waals surface area contributed by atoms with Crippen molar-refractivity contribution in [3.8, 4) is 23.0 Å². The second-order valence-electron chi connectivity index (χ2n) is 30.0. The molecule has 0 aliphatic heterocycles. The lowest BCUT2D eigenvalue weighted by atomic mass is 9.79. The fourth-order valence-corrected chi connectivity index (χ4v) is 14.0. The van der Waals surface area contributed by atoms with Gasteiger partial charge < -0.3 is 25.2 Å². The van der Waals surface area contributed by atoms with Crippen LogP contribution in [0.15, 0.2) is 68.1 Å². The van der Waals surface area contributed by atoms with Crippen molar-refractivity contribution in [2.45, 2.75) is 278 Å². The first-order valence-electron chi connectivity index (χ1n) is 27.2.